The monoisotopic (exact) mass is 305 g/mol. The van der Waals surface area contributed by atoms with Crippen molar-refractivity contribution >= 4 is 27.4 Å². The third-order valence-electron chi connectivity index (χ3n) is 3.09. The van der Waals surface area contributed by atoms with E-state index in [4.69, 9.17) is 4.42 Å². The molecular weight excluding hydrogens is 293 g/mol. The zero-order chi connectivity index (χ0) is 15.1. The molecule has 21 heavy (non-hydrogen) atoms. The summed E-state index contributed by atoms with van der Waals surface area (Å²) in [7, 11) is 0. The lowest BCUT2D eigenvalue weighted by Gasteiger charge is -1.98. The topological polar surface area (TPSA) is 63.3 Å². The molecule has 2 aromatic heterocycles. The SMILES string of the molecule is CC(C)c1nc(-c2cc3ccc(F)cc3s2)oc1C(=O)O. The maximum absolute atomic E-state index is 13.2. The third-order valence-corrected chi connectivity index (χ3v) is 4.17. The zero-order valence-electron chi connectivity index (χ0n) is 11.4. The molecule has 1 aromatic carbocycles. The number of thiophene rings is 1. The number of fused-ring (bicyclic) bond motifs is 1. The summed E-state index contributed by atoms with van der Waals surface area (Å²) in [4.78, 5) is 16.2. The second-order valence-electron chi connectivity index (χ2n) is 4.99. The van der Waals surface area contributed by atoms with Gasteiger partial charge in [0.1, 0.15) is 5.82 Å². The number of hydrogen-bond donors (Lipinski definition) is 1. The van der Waals surface area contributed by atoms with Crippen molar-refractivity contribution in [2.75, 3.05) is 0 Å². The molecule has 0 aliphatic heterocycles. The molecule has 0 aliphatic carbocycles. The molecule has 0 spiro atoms. The highest BCUT2D eigenvalue weighted by atomic mass is 32.1. The molecule has 3 aromatic rings. The highest BCUT2D eigenvalue weighted by molar-refractivity contribution is 7.22. The summed E-state index contributed by atoms with van der Waals surface area (Å²) < 4.78 is 19.4. The van der Waals surface area contributed by atoms with Crippen LogP contribution in [0.1, 0.15) is 36.0 Å². The Morgan fingerprint density at radius 1 is 1.38 bits per heavy atom. The van der Waals surface area contributed by atoms with Gasteiger partial charge in [-0.3, -0.25) is 0 Å². The van der Waals surface area contributed by atoms with Gasteiger partial charge in [0.2, 0.25) is 11.7 Å². The Balaban J connectivity index is 2.14. The van der Waals surface area contributed by atoms with Crippen LogP contribution in [0, 0.1) is 5.82 Å². The average Bonchev–Trinajstić information content (AvgIpc) is 3.01. The zero-order valence-corrected chi connectivity index (χ0v) is 12.2. The molecule has 2 heterocycles. The summed E-state index contributed by atoms with van der Waals surface area (Å²) in [6.07, 6.45) is 0. The van der Waals surface area contributed by atoms with Crippen LogP contribution in [0.3, 0.4) is 0 Å². The summed E-state index contributed by atoms with van der Waals surface area (Å²) in [5.41, 5.74) is 0.418. The molecule has 1 N–H and O–H groups in total. The Labute approximate surface area is 123 Å². The number of aromatic carboxylic acids is 1. The highest BCUT2D eigenvalue weighted by Gasteiger charge is 2.23. The van der Waals surface area contributed by atoms with E-state index in [2.05, 4.69) is 4.98 Å². The smallest absolute Gasteiger partial charge is 0.373 e. The van der Waals surface area contributed by atoms with Crippen molar-refractivity contribution in [2.24, 2.45) is 0 Å². The number of carboxylic acid groups (broad SMARTS) is 1. The lowest BCUT2D eigenvalue weighted by Crippen LogP contribution is -2.01. The van der Waals surface area contributed by atoms with Crippen molar-refractivity contribution in [2.45, 2.75) is 19.8 Å². The van der Waals surface area contributed by atoms with E-state index in [0.29, 0.717) is 10.6 Å². The predicted octanol–water partition coefficient (Wildman–Crippen LogP) is 4.52. The average molecular weight is 305 g/mol. The minimum absolute atomic E-state index is 0.0552. The van der Waals surface area contributed by atoms with E-state index >= 15 is 0 Å². The van der Waals surface area contributed by atoms with E-state index in [0.717, 1.165) is 10.1 Å². The quantitative estimate of drug-likeness (QED) is 0.773. The van der Waals surface area contributed by atoms with Crippen LogP contribution < -0.4 is 0 Å². The van der Waals surface area contributed by atoms with Gasteiger partial charge in [-0.1, -0.05) is 19.9 Å². The Morgan fingerprint density at radius 3 is 2.76 bits per heavy atom. The number of hydrogen-bond acceptors (Lipinski definition) is 4. The second kappa shape index (κ2) is 4.96. The van der Waals surface area contributed by atoms with Crippen molar-refractivity contribution in [3.63, 3.8) is 0 Å². The van der Waals surface area contributed by atoms with E-state index in [1.54, 1.807) is 6.07 Å². The molecule has 3 rings (SSSR count). The predicted molar refractivity (Wildman–Crippen MR) is 78.3 cm³/mol. The van der Waals surface area contributed by atoms with Crippen LogP contribution >= 0.6 is 11.3 Å². The summed E-state index contributed by atoms with van der Waals surface area (Å²) in [5, 5.41) is 10.0. The Morgan fingerprint density at radius 2 is 2.14 bits per heavy atom. The molecule has 0 atom stereocenters. The first-order chi connectivity index (χ1) is 9.95. The molecule has 108 valence electrons. The van der Waals surface area contributed by atoms with E-state index in [1.807, 2.05) is 19.9 Å². The largest absolute Gasteiger partial charge is 0.475 e. The van der Waals surface area contributed by atoms with Crippen LogP contribution in [0.5, 0.6) is 0 Å². The molecular formula is C15H12FNO3S. The number of rotatable bonds is 3. The molecule has 0 bridgehead atoms. The first-order valence-corrected chi connectivity index (χ1v) is 7.21. The first-order valence-electron chi connectivity index (χ1n) is 6.39. The van der Waals surface area contributed by atoms with Gasteiger partial charge in [-0.15, -0.1) is 11.3 Å². The van der Waals surface area contributed by atoms with Crippen molar-refractivity contribution < 1.29 is 18.7 Å². The number of carbonyl (C=O) groups is 1. The standard InChI is InChI=1S/C15H12FNO3S/c1-7(2)12-13(15(18)19)20-14(17-12)11-5-8-3-4-9(16)6-10(8)21-11/h3-7H,1-2H3,(H,18,19). The van der Waals surface area contributed by atoms with E-state index < -0.39 is 5.97 Å². The lowest BCUT2D eigenvalue weighted by atomic mass is 10.1. The van der Waals surface area contributed by atoms with Crippen LogP contribution in [0.4, 0.5) is 4.39 Å². The van der Waals surface area contributed by atoms with Crippen molar-refractivity contribution in [3.05, 3.63) is 41.5 Å². The molecule has 0 unspecified atom stereocenters. The summed E-state index contributed by atoms with van der Waals surface area (Å²) >= 11 is 1.32. The maximum Gasteiger partial charge on any atom is 0.373 e. The van der Waals surface area contributed by atoms with Crippen LogP contribution in [0.2, 0.25) is 0 Å². The minimum atomic E-state index is -1.13. The van der Waals surface area contributed by atoms with Gasteiger partial charge in [-0.2, -0.15) is 0 Å². The van der Waals surface area contributed by atoms with Gasteiger partial charge in [-0.25, -0.2) is 14.2 Å². The van der Waals surface area contributed by atoms with E-state index in [-0.39, 0.29) is 23.4 Å². The van der Waals surface area contributed by atoms with Gasteiger partial charge in [0.25, 0.3) is 0 Å². The molecule has 0 radical (unpaired) electrons. The fourth-order valence-corrected chi connectivity index (χ4v) is 3.11. The molecule has 0 aliphatic rings. The molecule has 0 saturated carbocycles. The third kappa shape index (κ3) is 2.42. The minimum Gasteiger partial charge on any atom is -0.475 e. The molecule has 0 fully saturated rings. The second-order valence-corrected chi connectivity index (χ2v) is 6.07. The van der Waals surface area contributed by atoms with E-state index in [9.17, 15) is 14.3 Å². The molecule has 0 saturated heterocycles. The van der Waals surface area contributed by atoms with Gasteiger partial charge in [0, 0.05) is 4.70 Å². The van der Waals surface area contributed by atoms with E-state index in [1.165, 1.54) is 23.5 Å². The van der Waals surface area contributed by atoms with Crippen LogP contribution in [0.25, 0.3) is 20.9 Å². The van der Waals surface area contributed by atoms with Crippen molar-refractivity contribution in [1.29, 1.82) is 0 Å². The summed E-state index contributed by atoms with van der Waals surface area (Å²) in [6, 6.07) is 6.32. The molecule has 4 nitrogen and oxygen atoms in total. The van der Waals surface area contributed by atoms with Crippen LogP contribution in [-0.4, -0.2) is 16.1 Å². The summed E-state index contributed by atoms with van der Waals surface area (Å²) in [5.74, 6) is -1.37. The van der Waals surface area contributed by atoms with Gasteiger partial charge in [0.15, 0.2) is 0 Å². The van der Waals surface area contributed by atoms with Gasteiger partial charge in [-0.05, 0) is 29.5 Å². The number of aromatic nitrogens is 1. The van der Waals surface area contributed by atoms with Crippen molar-refractivity contribution in [3.8, 4) is 10.8 Å². The normalized spacial score (nSPS) is 11.4. The van der Waals surface area contributed by atoms with Crippen LogP contribution in [-0.2, 0) is 0 Å². The fourth-order valence-electron chi connectivity index (χ4n) is 2.09. The van der Waals surface area contributed by atoms with Gasteiger partial charge in [0.05, 0.1) is 10.6 Å². The van der Waals surface area contributed by atoms with Crippen molar-refractivity contribution in [1.82, 2.24) is 4.98 Å². The Hall–Kier alpha value is -2.21. The number of halogens is 1. The first kappa shape index (κ1) is 13.8. The van der Waals surface area contributed by atoms with Crippen LogP contribution in [0.15, 0.2) is 28.7 Å². The summed E-state index contributed by atoms with van der Waals surface area (Å²) in [6.45, 7) is 3.71. The number of nitrogens with zero attached hydrogens (tertiary/aromatic N) is 1. The molecule has 6 heteroatoms. The number of carboxylic acids is 1. The Kier molecular flexibility index (Phi) is 3.25. The maximum atomic E-state index is 13.2. The number of oxazole rings is 1. The fraction of sp³-hybridized carbons (Fsp3) is 0.200. The van der Waals surface area contributed by atoms with Gasteiger partial charge >= 0.3 is 5.97 Å². The van der Waals surface area contributed by atoms with Gasteiger partial charge < -0.3 is 9.52 Å². The number of benzene rings is 1. The lowest BCUT2D eigenvalue weighted by molar-refractivity contribution is 0.0661. The Bertz CT molecular complexity index is 835. The molecule has 0 amide bonds. The highest BCUT2D eigenvalue weighted by Crippen LogP contribution is 2.35.